The van der Waals surface area contributed by atoms with Gasteiger partial charge in [0.15, 0.2) is 5.75 Å². The van der Waals surface area contributed by atoms with Crippen LogP contribution in [0.3, 0.4) is 0 Å². The van der Waals surface area contributed by atoms with Crippen LogP contribution in [0.25, 0.3) is 0 Å². The van der Waals surface area contributed by atoms with Gasteiger partial charge in [0.05, 0.1) is 11.5 Å². The number of anilines is 1. The highest BCUT2D eigenvalue weighted by atomic mass is 16.6. The number of hydrogen-bond acceptors (Lipinski definition) is 4. The van der Waals surface area contributed by atoms with E-state index >= 15 is 0 Å². The summed E-state index contributed by atoms with van der Waals surface area (Å²) in [6.45, 7) is 8.25. The van der Waals surface area contributed by atoms with Crippen molar-refractivity contribution in [2.24, 2.45) is 0 Å². The fourth-order valence-corrected chi connectivity index (χ4v) is 1.54. The number of ether oxygens (including phenoxy) is 1. The molecule has 0 saturated carbocycles. The molecule has 5 heteroatoms. The number of para-hydroxylation sites is 1. The fraction of sp³-hybridized carbons (Fsp3) is 0.538. The van der Waals surface area contributed by atoms with Crippen molar-refractivity contribution in [3.63, 3.8) is 0 Å². The second-order valence-corrected chi connectivity index (χ2v) is 4.70. The summed E-state index contributed by atoms with van der Waals surface area (Å²) in [5.41, 5.74) is 0.300. The van der Waals surface area contributed by atoms with Crippen LogP contribution in [0, 0.1) is 10.1 Å². The van der Waals surface area contributed by atoms with Crippen molar-refractivity contribution in [1.82, 2.24) is 0 Å². The second-order valence-electron chi connectivity index (χ2n) is 4.70. The van der Waals surface area contributed by atoms with Gasteiger partial charge in [-0.3, -0.25) is 10.1 Å². The lowest BCUT2D eigenvalue weighted by atomic mass is 10.0. The Morgan fingerprint density at radius 1 is 1.39 bits per heavy atom. The molecular weight excluding hydrogens is 232 g/mol. The molecule has 1 aromatic carbocycles. The maximum absolute atomic E-state index is 11.2. The largest absolute Gasteiger partial charge is 0.487 e. The maximum atomic E-state index is 11.2. The zero-order chi connectivity index (χ0) is 13.8. The van der Waals surface area contributed by atoms with Gasteiger partial charge in [-0.2, -0.15) is 0 Å². The molecule has 1 N–H and O–H groups in total. The van der Waals surface area contributed by atoms with E-state index < -0.39 is 4.92 Å². The molecule has 1 aromatic rings. The first kappa shape index (κ1) is 14.3. The molecule has 0 saturated heterocycles. The third-order valence-electron chi connectivity index (χ3n) is 2.84. The van der Waals surface area contributed by atoms with Gasteiger partial charge in [0, 0.05) is 5.54 Å². The van der Waals surface area contributed by atoms with Crippen molar-refractivity contribution in [2.45, 2.75) is 39.7 Å². The Hall–Kier alpha value is -1.78. The van der Waals surface area contributed by atoms with Crippen LogP contribution in [0.4, 0.5) is 11.4 Å². The summed E-state index contributed by atoms with van der Waals surface area (Å²) in [7, 11) is 0. The minimum absolute atomic E-state index is 0.000810. The Bertz CT molecular complexity index is 430. The van der Waals surface area contributed by atoms with Crippen molar-refractivity contribution in [1.29, 1.82) is 0 Å². The first-order chi connectivity index (χ1) is 8.41. The minimum atomic E-state index is -0.404. The van der Waals surface area contributed by atoms with E-state index in [4.69, 9.17) is 4.74 Å². The molecule has 0 aliphatic carbocycles. The van der Waals surface area contributed by atoms with Crippen LogP contribution in [0.2, 0.25) is 0 Å². The Morgan fingerprint density at radius 2 is 2.06 bits per heavy atom. The summed E-state index contributed by atoms with van der Waals surface area (Å²) in [6.07, 6.45) is 0.864. The molecule has 1 rings (SSSR count). The zero-order valence-electron chi connectivity index (χ0n) is 11.3. The van der Waals surface area contributed by atoms with Crippen LogP contribution in [-0.4, -0.2) is 17.1 Å². The monoisotopic (exact) mass is 252 g/mol. The standard InChI is InChI=1S/C13H20N2O3/c1-5-13(3,4)14-10-8-7-9-11(18-6-2)12(10)15(16)17/h7-9,14H,5-6H2,1-4H3. The third-order valence-corrected chi connectivity index (χ3v) is 2.84. The third kappa shape index (κ3) is 3.35. The van der Waals surface area contributed by atoms with Crippen molar-refractivity contribution in [3.8, 4) is 5.75 Å². The van der Waals surface area contributed by atoms with Crippen LogP contribution in [-0.2, 0) is 0 Å². The molecule has 0 heterocycles. The van der Waals surface area contributed by atoms with Crippen molar-refractivity contribution < 1.29 is 9.66 Å². The van der Waals surface area contributed by atoms with Crippen molar-refractivity contribution in [2.75, 3.05) is 11.9 Å². The van der Waals surface area contributed by atoms with E-state index in [1.54, 1.807) is 25.1 Å². The molecule has 0 atom stereocenters. The van der Waals surface area contributed by atoms with E-state index in [9.17, 15) is 10.1 Å². The molecule has 0 unspecified atom stereocenters. The van der Waals surface area contributed by atoms with Crippen molar-refractivity contribution in [3.05, 3.63) is 28.3 Å². The van der Waals surface area contributed by atoms with Crippen LogP contribution in [0.1, 0.15) is 34.1 Å². The van der Waals surface area contributed by atoms with Gasteiger partial charge in [-0.1, -0.05) is 13.0 Å². The number of benzene rings is 1. The molecule has 0 aliphatic rings. The van der Waals surface area contributed by atoms with Gasteiger partial charge >= 0.3 is 5.69 Å². The molecule has 0 spiro atoms. The summed E-state index contributed by atoms with van der Waals surface area (Å²) >= 11 is 0. The lowest BCUT2D eigenvalue weighted by molar-refractivity contribution is -0.385. The van der Waals surface area contributed by atoms with Crippen molar-refractivity contribution >= 4 is 11.4 Å². The summed E-state index contributed by atoms with van der Waals surface area (Å²) in [4.78, 5) is 10.8. The van der Waals surface area contributed by atoms with E-state index in [0.717, 1.165) is 6.42 Å². The fourth-order valence-electron chi connectivity index (χ4n) is 1.54. The zero-order valence-corrected chi connectivity index (χ0v) is 11.3. The van der Waals surface area contributed by atoms with E-state index in [2.05, 4.69) is 5.32 Å². The molecule has 5 nitrogen and oxygen atoms in total. The predicted octanol–water partition coefficient (Wildman–Crippen LogP) is 3.59. The number of nitro groups is 1. The number of nitrogens with zero attached hydrogens (tertiary/aromatic N) is 1. The van der Waals surface area contributed by atoms with Gasteiger partial charge in [-0.25, -0.2) is 0 Å². The van der Waals surface area contributed by atoms with E-state index in [1.165, 1.54) is 0 Å². The molecule has 100 valence electrons. The summed E-state index contributed by atoms with van der Waals surface area (Å²) in [5.74, 6) is 0.305. The van der Waals surface area contributed by atoms with Crippen LogP contribution in [0.15, 0.2) is 18.2 Å². The van der Waals surface area contributed by atoms with Crippen LogP contribution >= 0.6 is 0 Å². The number of nitro benzene ring substituents is 1. The Morgan fingerprint density at radius 3 is 2.56 bits per heavy atom. The maximum Gasteiger partial charge on any atom is 0.333 e. The number of rotatable bonds is 6. The minimum Gasteiger partial charge on any atom is -0.487 e. The predicted molar refractivity (Wildman–Crippen MR) is 72.3 cm³/mol. The molecule has 0 aromatic heterocycles. The molecule has 0 amide bonds. The topological polar surface area (TPSA) is 64.4 Å². The molecular formula is C13H20N2O3. The number of nitrogens with one attached hydrogen (secondary N) is 1. The molecule has 0 fully saturated rings. The normalized spacial score (nSPS) is 11.1. The summed E-state index contributed by atoms with van der Waals surface area (Å²) < 4.78 is 5.31. The molecule has 0 bridgehead atoms. The van der Waals surface area contributed by atoms with Gasteiger partial charge in [0.2, 0.25) is 0 Å². The average molecular weight is 252 g/mol. The number of hydrogen-bond donors (Lipinski definition) is 1. The highest BCUT2D eigenvalue weighted by Crippen LogP contribution is 2.36. The summed E-state index contributed by atoms with van der Waals surface area (Å²) in [5, 5.41) is 14.4. The van der Waals surface area contributed by atoms with Gasteiger partial charge < -0.3 is 10.1 Å². The highest BCUT2D eigenvalue weighted by Gasteiger charge is 2.24. The average Bonchev–Trinajstić information content (AvgIpc) is 2.28. The van der Waals surface area contributed by atoms with E-state index in [-0.39, 0.29) is 11.2 Å². The Kier molecular flexibility index (Phi) is 4.53. The molecule has 18 heavy (non-hydrogen) atoms. The first-order valence-corrected chi connectivity index (χ1v) is 6.09. The smallest absolute Gasteiger partial charge is 0.333 e. The Balaban J connectivity index is 3.18. The Labute approximate surface area is 107 Å². The SMILES string of the molecule is CCOc1cccc(NC(C)(C)CC)c1[N+](=O)[O-]. The lowest BCUT2D eigenvalue weighted by Crippen LogP contribution is -2.30. The van der Waals surface area contributed by atoms with Gasteiger partial charge in [0.1, 0.15) is 5.69 Å². The van der Waals surface area contributed by atoms with Gasteiger partial charge in [0.25, 0.3) is 0 Å². The van der Waals surface area contributed by atoms with Gasteiger partial charge in [-0.15, -0.1) is 0 Å². The molecule has 0 aliphatic heterocycles. The summed E-state index contributed by atoms with van der Waals surface area (Å²) in [6, 6.07) is 5.08. The van der Waals surface area contributed by atoms with Crippen LogP contribution < -0.4 is 10.1 Å². The van der Waals surface area contributed by atoms with E-state index in [1.807, 2.05) is 20.8 Å². The second kappa shape index (κ2) is 5.71. The quantitative estimate of drug-likeness (QED) is 0.620. The van der Waals surface area contributed by atoms with Crippen LogP contribution in [0.5, 0.6) is 5.75 Å². The first-order valence-electron chi connectivity index (χ1n) is 6.09. The highest BCUT2D eigenvalue weighted by molar-refractivity contribution is 5.69. The van der Waals surface area contributed by atoms with Gasteiger partial charge in [-0.05, 0) is 39.3 Å². The molecule has 0 radical (unpaired) electrons. The lowest BCUT2D eigenvalue weighted by Gasteiger charge is -2.25. The van der Waals surface area contributed by atoms with E-state index in [0.29, 0.717) is 18.0 Å².